The van der Waals surface area contributed by atoms with Gasteiger partial charge in [0, 0.05) is 13.1 Å². The van der Waals surface area contributed by atoms with Crippen molar-refractivity contribution in [2.75, 3.05) is 26.3 Å². The van der Waals surface area contributed by atoms with Gasteiger partial charge >= 0.3 is 0 Å². The first-order valence-corrected chi connectivity index (χ1v) is 3.30. The number of rotatable bonds is 1. The van der Waals surface area contributed by atoms with Crippen molar-refractivity contribution in [1.29, 1.82) is 0 Å². The summed E-state index contributed by atoms with van der Waals surface area (Å²) < 4.78 is 5.10. The molecule has 0 aromatic heterocycles. The van der Waals surface area contributed by atoms with Crippen LogP contribution in [0.3, 0.4) is 0 Å². The van der Waals surface area contributed by atoms with E-state index < -0.39 is 0 Å². The fraction of sp³-hybridized carbons (Fsp3) is 1.00. The van der Waals surface area contributed by atoms with Crippen LogP contribution in [0.5, 0.6) is 0 Å². The molecule has 0 saturated carbocycles. The molecule has 9 heavy (non-hydrogen) atoms. The molecule has 0 spiro atoms. The zero-order valence-electron chi connectivity index (χ0n) is 5.71. The Labute approximate surface area is 55.2 Å². The third-order valence-corrected chi connectivity index (χ3v) is 1.57. The third-order valence-electron chi connectivity index (χ3n) is 1.57. The van der Waals surface area contributed by atoms with Crippen LogP contribution in [-0.4, -0.2) is 42.5 Å². The summed E-state index contributed by atoms with van der Waals surface area (Å²) in [6, 6.07) is 0. The molecule has 1 aliphatic rings. The van der Waals surface area contributed by atoms with Crippen molar-refractivity contribution in [3.63, 3.8) is 0 Å². The monoisotopic (exact) mass is 131 g/mol. The van der Waals surface area contributed by atoms with Crippen molar-refractivity contribution < 1.29 is 9.84 Å². The third kappa shape index (κ3) is 1.93. The number of ether oxygens (including phenoxy) is 1. The number of nitrogens with zero attached hydrogens (tertiary/aromatic N) is 1. The molecule has 1 fully saturated rings. The first kappa shape index (κ1) is 6.99. The van der Waals surface area contributed by atoms with Crippen LogP contribution >= 0.6 is 0 Å². The maximum Gasteiger partial charge on any atom is 0.104 e. The van der Waals surface area contributed by atoms with E-state index in [2.05, 4.69) is 0 Å². The molecule has 1 atom stereocenters. The first-order chi connectivity index (χ1) is 4.30. The van der Waals surface area contributed by atoms with E-state index in [1.807, 2.05) is 4.90 Å². The second-order valence-corrected chi connectivity index (χ2v) is 2.28. The van der Waals surface area contributed by atoms with Crippen molar-refractivity contribution >= 4 is 0 Å². The molecule has 1 aliphatic heterocycles. The Bertz CT molecular complexity index is 79.1. The van der Waals surface area contributed by atoms with Crippen molar-refractivity contribution in [2.45, 2.75) is 13.2 Å². The van der Waals surface area contributed by atoms with Crippen LogP contribution in [0.2, 0.25) is 0 Å². The first-order valence-electron chi connectivity index (χ1n) is 3.30. The molecule has 0 amide bonds. The molecule has 3 heteroatoms. The Balaban J connectivity index is 2.23. The fourth-order valence-electron chi connectivity index (χ4n) is 0.951. The van der Waals surface area contributed by atoms with Crippen LogP contribution in [0.4, 0.5) is 0 Å². The van der Waals surface area contributed by atoms with Gasteiger partial charge in [-0.3, -0.25) is 4.90 Å². The van der Waals surface area contributed by atoms with Crippen molar-refractivity contribution in [3.8, 4) is 0 Å². The van der Waals surface area contributed by atoms with Crippen molar-refractivity contribution in [1.82, 2.24) is 4.90 Å². The van der Waals surface area contributed by atoms with E-state index in [1.54, 1.807) is 6.92 Å². The minimum absolute atomic E-state index is 0.311. The zero-order chi connectivity index (χ0) is 6.69. The van der Waals surface area contributed by atoms with Gasteiger partial charge in [0.15, 0.2) is 0 Å². The van der Waals surface area contributed by atoms with E-state index in [4.69, 9.17) is 9.84 Å². The Morgan fingerprint density at radius 1 is 1.44 bits per heavy atom. The van der Waals surface area contributed by atoms with Gasteiger partial charge in [-0.25, -0.2) is 0 Å². The van der Waals surface area contributed by atoms with Crippen molar-refractivity contribution in [3.05, 3.63) is 0 Å². The van der Waals surface area contributed by atoms with Crippen LogP contribution in [-0.2, 0) is 4.74 Å². The molecular weight excluding hydrogens is 118 g/mol. The molecule has 3 nitrogen and oxygen atoms in total. The zero-order valence-corrected chi connectivity index (χ0v) is 5.71. The highest BCUT2D eigenvalue weighted by Crippen LogP contribution is 1.99. The highest BCUT2D eigenvalue weighted by Gasteiger charge is 2.13. The lowest BCUT2D eigenvalue weighted by atomic mass is 10.4. The second kappa shape index (κ2) is 3.15. The molecule has 1 heterocycles. The molecule has 1 N–H and O–H groups in total. The predicted molar refractivity (Wildman–Crippen MR) is 34.1 cm³/mol. The molecule has 1 saturated heterocycles. The predicted octanol–water partition coefficient (Wildman–Crippen LogP) is -0.343. The summed E-state index contributed by atoms with van der Waals surface area (Å²) in [5.74, 6) is 0. The molecule has 0 unspecified atom stereocenters. The summed E-state index contributed by atoms with van der Waals surface area (Å²) in [6.45, 7) is 5.01. The largest absolute Gasteiger partial charge is 0.379 e. The van der Waals surface area contributed by atoms with E-state index in [1.165, 1.54) is 0 Å². The van der Waals surface area contributed by atoms with Gasteiger partial charge in [0.1, 0.15) is 6.23 Å². The standard InChI is InChI=1S/C6H13NO2/c1-6(8)7-2-4-9-5-3-7/h6,8H,2-5H2,1H3/t6-/m0/s1. The van der Waals surface area contributed by atoms with Crippen molar-refractivity contribution in [2.24, 2.45) is 0 Å². The maximum absolute atomic E-state index is 9.05. The minimum Gasteiger partial charge on any atom is -0.379 e. The fourth-order valence-corrected chi connectivity index (χ4v) is 0.951. The van der Waals surface area contributed by atoms with Crippen LogP contribution in [0.25, 0.3) is 0 Å². The summed E-state index contributed by atoms with van der Waals surface area (Å²) in [5, 5.41) is 9.05. The quantitative estimate of drug-likeness (QED) is 0.528. The smallest absolute Gasteiger partial charge is 0.104 e. The Kier molecular flexibility index (Phi) is 2.45. The lowest BCUT2D eigenvalue weighted by molar-refractivity contribution is -0.0490. The topological polar surface area (TPSA) is 32.7 Å². The molecule has 0 bridgehead atoms. The van der Waals surface area contributed by atoms with E-state index in [-0.39, 0.29) is 6.23 Å². The van der Waals surface area contributed by atoms with Gasteiger partial charge in [-0.05, 0) is 6.92 Å². The second-order valence-electron chi connectivity index (χ2n) is 2.28. The number of aliphatic hydroxyl groups is 1. The van der Waals surface area contributed by atoms with Gasteiger partial charge in [0.25, 0.3) is 0 Å². The number of hydrogen-bond acceptors (Lipinski definition) is 3. The summed E-state index contributed by atoms with van der Waals surface area (Å²) >= 11 is 0. The highest BCUT2D eigenvalue weighted by atomic mass is 16.5. The van der Waals surface area contributed by atoms with Crippen LogP contribution in [0, 0.1) is 0 Å². The average molecular weight is 131 g/mol. The normalized spacial score (nSPS) is 26.0. The summed E-state index contributed by atoms with van der Waals surface area (Å²) in [7, 11) is 0. The molecular formula is C6H13NO2. The highest BCUT2D eigenvalue weighted by molar-refractivity contribution is 4.61. The number of morpholine rings is 1. The molecule has 0 aliphatic carbocycles. The van der Waals surface area contributed by atoms with Crippen LogP contribution in [0.15, 0.2) is 0 Å². The molecule has 54 valence electrons. The van der Waals surface area contributed by atoms with Crippen LogP contribution < -0.4 is 0 Å². The lowest BCUT2D eigenvalue weighted by Crippen LogP contribution is -2.41. The lowest BCUT2D eigenvalue weighted by Gasteiger charge is -2.28. The van der Waals surface area contributed by atoms with Gasteiger partial charge in [-0.15, -0.1) is 0 Å². The summed E-state index contributed by atoms with van der Waals surface area (Å²) in [6.07, 6.45) is -0.311. The van der Waals surface area contributed by atoms with E-state index in [0.717, 1.165) is 26.3 Å². The number of hydrogen-bond donors (Lipinski definition) is 1. The SMILES string of the molecule is C[C@H](O)N1CCOCC1. The number of aliphatic hydroxyl groups excluding tert-OH is 1. The van der Waals surface area contributed by atoms with E-state index in [0.29, 0.717) is 0 Å². The van der Waals surface area contributed by atoms with Gasteiger partial charge in [-0.1, -0.05) is 0 Å². The van der Waals surface area contributed by atoms with E-state index in [9.17, 15) is 0 Å². The van der Waals surface area contributed by atoms with Gasteiger partial charge < -0.3 is 9.84 Å². The molecule has 0 radical (unpaired) electrons. The Morgan fingerprint density at radius 2 is 2.00 bits per heavy atom. The summed E-state index contributed by atoms with van der Waals surface area (Å²) in [4.78, 5) is 1.99. The Hall–Kier alpha value is -0.120. The Morgan fingerprint density at radius 3 is 2.33 bits per heavy atom. The summed E-state index contributed by atoms with van der Waals surface area (Å²) in [5.41, 5.74) is 0. The van der Waals surface area contributed by atoms with E-state index >= 15 is 0 Å². The molecule has 0 aromatic carbocycles. The maximum atomic E-state index is 9.05. The van der Waals surface area contributed by atoms with Gasteiger partial charge in [-0.2, -0.15) is 0 Å². The van der Waals surface area contributed by atoms with Gasteiger partial charge in [0.05, 0.1) is 13.2 Å². The van der Waals surface area contributed by atoms with Crippen LogP contribution in [0.1, 0.15) is 6.92 Å². The molecule has 0 aromatic rings. The van der Waals surface area contributed by atoms with Gasteiger partial charge in [0.2, 0.25) is 0 Å². The molecule has 1 rings (SSSR count). The average Bonchev–Trinajstić information content (AvgIpc) is 1.90. The minimum atomic E-state index is -0.311.